The maximum absolute atomic E-state index is 13.6. The lowest BCUT2D eigenvalue weighted by atomic mass is 10.1. The first-order valence-corrected chi connectivity index (χ1v) is 10.0. The van der Waals surface area contributed by atoms with Crippen LogP contribution in [0.15, 0.2) is 53.4 Å². The van der Waals surface area contributed by atoms with E-state index in [1.807, 2.05) is 6.92 Å². The number of para-hydroxylation sites is 1. The number of anilines is 1. The zero-order valence-electron chi connectivity index (χ0n) is 14.5. The quantitative estimate of drug-likeness (QED) is 0.886. The van der Waals surface area contributed by atoms with E-state index in [1.165, 1.54) is 46.8 Å². The van der Waals surface area contributed by atoms with Gasteiger partial charge in [0.15, 0.2) is 0 Å². The Morgan fingerprint density at radius 1 is 1.12 bits per heavy atom. The summed E-state index contributed by atoms with van der Waals surface area (Å²) >= 11 is 0. The molecule has 0 unspecified atom stereocenters. The maximum atomic E-state index is 13.6. The predicted molar refractivity (Wildman–Crippen MR) is 98.0 cm³/mol. The molecule has 0 bridgehead atoms. The van der Waals surface area contributed by atoms with Gasteiger partial charge in [-0.15, -0.1) is 0 Å². The van der Waals surface area contributed by atoms with Crippen molar-refractivity contribution in [2.45, 2.75) is 37.1 Å². The molecule has 1 atom stereocenters. The zero-order valence-corrected chi connectivity index (χ0v) is 15.3. The van der Waals surface area contributed by atoms with Crippen LogP contribution in [0, 0.1) is 5.82 Å². The Morgan fingerprint density at radius 2 is 1.81 bits per heavy atom. The van der Waals surface area contributed by atoms with Gasteiger partial charge in [-0.2, -0.15) is 4.31 Å². The van der Waals surface area contributed by atoms with Crippen LogP contribution in [0.5, 0.6) is 0 Å². The molecule has 7 heteroatoms. The highest BCUT2D eigenvalue weighted by Gasteiger charge is 2.30. The van der Waals surface area contributed by atoms with E-state index >= 15 is 0 Å². The molecule has 0 radical (unpaired) electrons. The number of benzene rings is 2. The number of amides is 1. The van der Waals surface area contributed by atoms with Gasteiger partial charge in [-0.25, -0.2) is 12.8 Å². The van der Waals surface area contributed by atoms with E-state index in [4.69, 9.17) is 0 Å². The summed E-state index contributed by atoms with van der Waals surface area (Å²) in [4.78, 5) is 12.4. The van der Waals surface area contributed by atoms with Crippen LogP contribution in [0.3, 0.4) is 0 Å². The molecule has 1 heterocycles. The van der Waals surface area contributed by atoms with Crippen molar-refractivity contribution in [3.63, 3.8) is 0 Å². The van der Waals surface area contributed by atoms with Gasteiger partial charge >= 0.3 is 0 Å². The SMILES string of the molecule is C[C@H]1CCCCN1S(=O)(=O)c1ccc(C(=O)Nc2ccccc2F)cc1. The van der Waals surface area contributed by atoms with Gasteiger partial charge in [-0.05, 0) is 56.2 Å². The molecule has 1 aliphatic heterocycles. The van der Waals surface area contributed by atoms with Gasteiger partial charge in [0, 0.05) is 18.2 Å². The summed E-state index contributed by atoms with van der Waals surface area (Å²) < 4.78 is 40.7. The van der Waals surface area contributed by atoms with E-state index < -0.39 is 21.7 Å². The number of hydrogen-bond acceptors (Lipinski definition) is 3. The van der Waals surface area contributed by atoms with Gasteiger partial charge in [0.05, 0.1) is 10.6 Å². The molecule has 1 aliphatic rings. The van der Waals surface area contributed by atoms with E-state index in [9.17, 15) is 17.6 Å². The lowest BCUT2D eigenvalue weighted by Crippen LogP contribution is -2.41. The number of piperidine rings is 1. The van der Waals surface area contributed by atoms with Crippen molar-refractivity contribution in [3.8, 4) is 0 Å². The van der Waals surface area contributed by atoms with Gasteiger partial charge in [-0.1, -0.05) is 18.6 Å². The highest BCUT2D eigenvalue weighted by Crippen LogP contribution is 2.25. The number of carbonyl (C=O) groups excluding carboxylic acids is 1. The molecule has 0 saturated carbocycles. The lowest BCUT2D eigenvalue weighted by Gasteiger charge is -2.32. The van der Waals surface area contributed by atoms with Crippen LogP contribution in [0.25, 0.3) is 0 Å². The van der Waals surface area contributed by atoms with Gasteiger partial charge in [0.1, 0.15) is 5.82 Å². The second-order valence-electron chi connectivity index (χ2n) is 6.42. The Labute approximate surface area is 152 Å². The normalized spacial score (nSPS) is 18.5. The van der Waals surface area contributed by atoms with Gasteiger partial charge < -0.3 is 5.32 Å². The summed E-state index contributed by atoms with van der Waals surface area (Å²) in [5.41, 5.74) is 0.343. The van der Waals surface area contributed by atoms with Crippen molar-refractivity contribution in [2.24, 2.45) is 0 Å². The summed E-state index contributed by atoms with van der Waals surface area (Å²) in [5.74, 6) is -1.02. The number of nitrogens with one attached hydrogen (secondary N) is 1. The molecule has 2 aromatic carbocycles. The fourth-order valence-electron chi connectivity index (χ4n) is 3.10. The summed E-state index contributed by atoms with van der Waals surface area (Å²) in [6.07, 6.45) is 2.73. The minimum absolute atomic E-state index is 0.0298. The van der Waals surface area contributed by atoms with E-state index in [-0.39, 0.29) is 22.2 Å². The third-order valence-corrected chi connectivity index (χ3v) is 6.61. The summed E-state index contributed by atoms with van der Waals surface area (Å²) in [7, 11) is -3.58. The predicted octanol–water partition coefficient (Wildman–Crippen LogP) is 3.64. The number of rotatable bonds is 4. The molecule has 5 nitrogen and oxygen atoms in total. The second-order valence-corrected chi connectivity index (χ2v) is 8.31. The molecule has 1 amide bonds. The maximum Gasteiger partial charge on any atom is 0.255 e. The van der Waals surface area contributed by atoms with Crippen LogP contribution >= 0.6 is 0 Å². The van der Waals surface area contributed by atoms with E-state index in [1.54, 1.807) is 6.07 Å². The van der Waals surface area contributed by atoms with Crippen LogP contribution in [0.1, 0.15) is 36.5 Å². The Balaban J connectivity index is 1.77. The number of nitrogens with zero attached hydrogens (tertiary/aromatic N) is 1. The Morgan fingerprint density at radius 3 is 2.46 bits per heavy atom. The molecule has 3 rings (SSSR count). The smallest absolute Gasteiger partial charge is 0.255 e. The first-order chi connectivity index (χ1) is 12.4. The van der Waals surface area contributed by atoms with Gasteiger partial charge in [-0.3, -0.25) is 4.79 Å². The number of hydrogen-bond donors (Lipinski definition) is 1. The average molecular weight is 376 g/mol. The Bertz CT molecular complexity index is 897. The number of sulfonamides is 1. The van der Waals surface area contributed by atoms with Crippen LogP contribution in [-0.2, 0) is 10.0 Å². The largest absolute Gasteiger partial charge is 0.319 e. The molecule has 26 heavy (non-hydrogen) atoms. The van der Waals surface area contributed by atoms with Crippen LogP contribution in [0.2, 0.25) is 0 Å². The van der Waals surface area contributed by atoms with E-state index in [0.29, 0.717) is 6.54 Å². The van der Waals surface area contributed by atoms with Crippen molar-refractivity contribution in [1.82, 2.24) is 4.31 Å². The van der Waals surface area contributed by atoms with Crippen LogP contribution in [0.4, 0.5) is 10.1 Å². The minimum atomic E-state index is -3.58. The van der Waals surface area contributed by atoms with Crippen LogP contribution in [-0.4, -0.2) is 31.2 Å². The van der Waals surface area contributed by atoms with E-state index in [0.717, 1.165) is 19.3 Å². The molecule has 138 valence electrons. The zero-order chi connectivity index (χ0) is 18.7. The summed E-state index contributed by atoms with van der Waals surface area (Å²) in [6.45, 7) is 2.42. The van der Waals surface area contributed by atoms with Crippen LogP contribution < -0.4 is 5.32 Å². The minimum Gasteiger partial charge on any atom is -0.319 e. The fraction of sp³-hybridized carbons (Fsp3) is 0.316. The molecule has 0 aromatic heterocycles. The third-order valence-electron chi connectivity index (χ3n) is 4.59. The Hall–Kier alpha value is -2.25. The monoisotopic (exact) mass is 376 g/mol. The molecule has 0 spiro atoms. The highest BCUT2D eigenvalue weighted by atomic mass is 32.2. The Kier molecular flexibility index (Phi) is 5.38. The standard InChI is InChI=1S/C19H21FN2O3S/c1-14-6-4-5-13-22(14)26(24,25)16-11-9-15(10-12-16)19(23)21-18-8-3-2-7-17(18)20/h2-3,7-12,14H,4-6,13H2,1H3,(H,21,23)/t14-/m0/s1. The topological polar surface area (TPSA) is 66.5 Å². The van der Waals surface area contributed by atoms with Crippen molar-refractivity contribution in [2.75, 3.05) is 11.9 Å². The first-order valence-electron chi connectivity index (χ1n) is 8.57. The lowest BCUT2D eigenvalue weighted by molar-refractivity contribution is 0.102. The van der Waals surface area contributed by atoms with E-state index in [2.05, 4.69) is 5.32 Å². The van der Waals surface area contributed by atoms with Crippen molar-refractivity contribution >= 4 is 21.6 Å². The average Bonchev–Trinajstić information content (AvgIpc) is 2.64. The summed E-state index contributed by atoms with van der Waals surface area (Å²) in [6, 6.07) is 11.6. The molecule has 1 N–H and O–H groups in total. The number of carbonyl (C=O) groups is 1. The molecule has 0 aliphatic carbocycles. The van der Waals surface area contributed by atoms with Crippen molar-refractivity contribution < 1.29 is 17.6 Å². The third kappa shape index (κ3) is 3.78. The second kappa shape index (κ2) is 7.55. The summed E-state index contributed by atoms with van der Waals surface area (Å²) in [5, 5.41) is 2.48. The van der Waals surface area contributed by atoms with Gasteiger partial charge in [0.25, 0.3) is 5.91 Å². The van der Waals surface area contributed by atoms with Crippen molar-refractivity contribution in [1.29, 1.82) is 0 Å². The molecular formula is C19H21FN2O3S. The number of halogens is 1. The van der Waals surface area contributed by atoms with Crippen molar-refractivity contribution in [3.05, 3.63) is 59.9 Å². The first kappa shape index (κ1) is 18.5. The molecule has 1 fully saturated rings. The molecule has 1 saturated heterocycles. The molecular weight excluding hydrogens is 355 g/mol. The molecule has 2 aromatic rings. The fourth-order valence-corrected chi connectivity index (χ4v) is 4.80. The van der Waals surface area contributed by atoms with Gasteiger partial charge in [0.2, 0.25) is 10.0 Å². The highest BCUT2D eigenvalue weighted by molar-refractivity contribution is 7.89.